The number of hydrogen-bond donors (Lipinski definition) is 1. The van der Waals surface area contributed by atoms with Gasteiger partial charge in [-0.1, -0.05) is 30.1 Å². The van der Waals surface area contributed by atoms with Crippen LogP contribution in [0.5, 0.6) is 0 Å². The van der Waals surface area contributed by atoms with E-state index in [0.29, 0.717) is 14.2 Å². The van der Waals surface area contributed by atoms with Gasteiger partial charge in [0.05, 0.1) is 9.90 Å². The fourth-order valence-electron chi connectivity index (χ4n) is 2.38. The minimum Gasteiger partial charge on any atom is -0.349 e. The van der Waals surface area contributed by atoms with Crippen LogP contribution in [0.15, 0.2) is 6.07 Å². The van der Waals surface area contributed by atoms with Crippen molar-refractivity contribution < 1.29 is 4.79 Å². The van der Waals surface area contributed by atoms with Gasteiger partial charge >= 0.3 is 0 Å². The highest BCUT2D eigenvalue weighted by Crippen LogP contribution is 2.31. The van der Waals surface area contributed by atoms with Crippen LogP contribution in [0.4, 0.5) is 0 Å². The summed E-state index contributed by atoms with van der Waals surface area (Å²) < 4.78 is 1.01. The topological polar surface area (TPSA) is 32.3 Å². The molecule has 0 spiro atoms. The Kier molecular flexibility index (Phi) is 5.51. The fourth-order valence-corrected chi connectivity index (χ4v) is 3.83. The summed E-state index contributed by atoms with van der Waals surface area (Å²) in [6.07, 6.45) is 3.18. The van der Waals surface area contributed by atoms with Crippen LogP contribution in [0.2, 0.25) is 8.67 Å². The molecule has 1 aromatic heterocycles. The number of thiophene rings is 1. The Morgan fingerprint density at radius 3 is 2.68 bits per heavy atom. The van der Waals surface area contributed by atoms with E-state index in [2.05, 4.69) is 17.1 Å². The maximum atomic E-state index is 12.1. The lowest BCUT2D eigenvalue weighted by atomic mass is 10.0. The van der Waals surface area contributed by atoms with Crippen molar-refractivity contribution >= 4 is 40.4 Å². The second-order valence-electron chi connectivity index (χ2n) is 4.83. The van der Waals surface area contributed by atoms with Crippen LogP contribution in [0.25, 0.3) is 0 Å². The molecule has 3 nitrogen and oxygen atoms in total. The van der Waals surface area contributed by atoms with Crippen molar-refractivity contribution in [2.24, 2.45) is 0 Å². The first kappa shape index (κ1) is 15.1. The molecule has 1 aliphatic rings. The number of halogens is 2. The van der Waals surface area contributed by atoms with E-state index in [4.69, 9.17) is 23.2 Å². The van der Waals surface area contributed by atoms with Crippen LogP contribution in [-0.2, 0) is 0 Å². The Hall–Kier alpha value is -0.290. The van der Waals surface area contributed by atoms with E-state index in [0.717, 1.165) is 32.5 Å². The Balaban J connectivity index is 1.85. The van der Waals surface area contributed by atoms with E-state index in [1.807, 2.05) is 0 Å². The summed E-state index contributed by atoms with van der Waals surface area (Å²) in [5.41, 5.74) is 0.493. The minimum atomic E-state index is -0.109. The molecule has 0 bridgehead atoms. The monoisotopic (exact) mass is 320 g/mol. The molecular weight excluding hydrogens is 303 g/mol. The summed E-state index contributed by atoms with van der Waals surface area (Å²) in [5.74, 6) is -0.109. The lowest BCUT2D eigenvalue weighted by molar-refractivity contribution is 0.0912. The maximum Gasteiger partial charge on any atom is 0.253 e. The Morgan fingerprint density at radius 1 is 1.47 bits per heavy atom. The molecule has 2 rings (SSSR count). The standard InChI is InChI=1S/C13H18Cl2N2OS/c1-2-5-17-6-3-9(4-7-17)16-13(18)10-8-11(14)19-12(10)15/h8-9H,2-7H2,1H3,(H,16,18). The fraction of sp³-hybridized carbons (Fsp3) is 0.615. The average molecular weight is 321 g/mol. The second kappa shape index (κ2) is 6.93. The van der Waals surface area contributed by atoms with Gasteiger partial charge in [0.25, 0.3) is 5.91 Å². The van der Waals surface area contributed by atoms with Gasteiger partial charge < -0.3 is 10.2 Å². The van der Waals surface area contributed by atoms with Crippen molar-refractivity contribution in [1.82, 2.24) is 10.2 Å². The van der Waals surface area contributed by atoms with Gasteiger partial charge in [-0.05, 0) is 31.9 Å². The van der Waals surface area contributed by atoms with Crippen molar-refractivity contribution in [3.8, 4) is 0 Å². The summed E-state index contributed by atoms with van der Waals surface area (Å²) in [6, 6.07) is 1.88. The molecule has 0 unspecified atom stereocenters. The Bertz CT molecular complexity index is 442. The average Bonchev–Trinajstić information content (AvgIpc) is 2.71. The van der Waals surface area contributed by atoms with E-state index >= 15 is 0 Å². The third-order valence-electron chi connectivity index (χ3n) is 3.36. The Morgan fingerprint density at radius 2 is 2.16 bits per heavy atom. The number of rotatable bonds is 4. The van der Waals surface area contributed by atoms with Gasteiger partial charge in [0.15, 0.2) is 0 Å². The molecular formula is C13H18Cl2N2OS. The van der Waals surface area contributed by atoms with Gasteiger partial charge in [0.1, 0.15) is 4.34 Å². The first-order valence-electron chi connectivity index (χ1n) is 6.58. The van der Waals surface area contributed by atoms with E-state index in [9.17, 15) is 4.79 Å². The highest BCUT2D eigenvalue weighted by Gasteiger charge is 2.22. The molecule has 2 heterocycles. The maximum absolute atomic E-state index is 12.1. The van der Waals surface area contributed by atoms with Gasteiger partial charge in [0, 0.05) is 19.1 Å². The predicted octanol–water partition coefficient (Wildman–Crippen LogP) is 3.66. The van der Waals surface area contributed by atoms with Crippen LogP contribution in [0.1, 0.15) is 36.5 Å². The highest BCUT2D eigenvalue weighted by molar-refractivity contribution is 7.20. The molecule has 0 atom stereocenters. The summed E-state index contributed by atoms with van der Waals surface area (Å²) in [6.45, 7) is 5.44. The third kappa shape index (κ3) is 4.09. The molecule has 1 N–H and O–H groups in total. The van der Waals surface area contributed by atoms with Gasteiger partial charge in [0.2, 0.25) is 0 Å². The summed E-state index contributed by atoms with van der Waals surface area (Å²) >= 11 is 13.1. The number of amides is 1. The van der Waals surface area contributed by atoms with E-state index in [1.54, 1.807) is 6.07 Å². The van der Waals surface area contributed by atoms with E-state index in [1.165, 1.54) is 17.8 Å². The first-order valence-corrected chi connectivity index (χ1v) is 8.15. The van der Waals surface area contributed by atoms with Gasteiger partial charge in [-0.2, -0.15) is 0 Å². The summed E-state index contributed by atoms with van der Waals surface area (Å²) in [4.78, 5) is 14.5. The zero-order valence-corrected chi connectivity index (χ0v) is 13.2. The summed E-state index contributed by atoms with van der Waals surface area (Å²) in [5, 5.41) is 3.05. The second-order valence-corrected chi connectivity index (χ2v) is 7.11. The van der Waals surface area contributed by atoms with Crippen molar-refractivity contribution in [2.75, 3.05) is 19.6 Å². The van der Waals surface area contributed by atoms with Gasteiger partial charge in [-0.3, -0.25) is 4.79 Å². The van der Waals surface area contributed by atoms with Crippen LogP contribution in [0, 0.1) is 0 Å². The lowest BCUT2D eigenvalue weighted by Gasteiger charge is -2.32. The third-order valence-corrected chi connectivity index (χ3v) is 4.85. The highest BCUT2D eigenvalue weighted by atomic mass is 35.5. The zero-order valence-electron chi connectivity index (χ0n) is 10.9. The lowest BCUT2D eigenvalue weighted by Crippen LogP contribution is -2.44. The van der Waals surface area contributed by atoms with Crippen molar-refractivity contribution in [2.45, 2.75) is 32.2 Å². The molecule has 1 saturated heterocycles. The normalized spacial score (nSPS) is 17.6. The number of nitrogens with zero attached hydrogens (tertiary/aromatic N) is 1. The summed E-state index contributed by atoms with van der Waals surface area (Å²) in [7, 11) is 0. The molecule has 0 aromatic carbocycles. The minimum absolute atomic E-state index is 0.109. The molecule has 0 saturated carbocycles. The molecule has 1 aromatic rings. The number of carbonyl (C=O) groups is 1. The molecule has 106 valence electrons. The predicted molar refractivity (Wildman–Crippen MR) is 81.6 cm³/mol. The van der Waals surface area contributed by atoms with Crippen molar-refractivity contribution in [3.63, 3.8) is 0 Å². The first-order chi connectivity index (χ1) is 9.10. The van der Waals surface area contributed by atoms with Gasteiger partial charge in [-0.15, -0.1) is 11.3 Å². The molecule has 19 heavy (non-hydrogen) atoms. The van der Waals surface area contributed by atoms with Crippen LogP contribution in [0.3, 0.4) is 0 Å². The van der Waals surface area contributed by atoms with Crippen molar-refractivity contribution in [1.29, 1.82) is 0 Å². The van der Waals surface area contributed by atoms with Crippen LogP contribution >= 0.6 is 34.5 Å². The van der Waals surface area contributed by atoms with Gasteiger partial charge in [-0.25, -0.2) is 0 Å². The van der Waals surface area contributed by atoms with E-state index < -0.39 is 0 Å². The van der Waals surface area contributed by atoms with Crippen molar-refractivity contribution in [3.05, 3.63) is 20.3 Å². The van der Waals surface area contributed by atoms with Crippen LogP contribution in [-0.4, -0.2) is 36.5 Å². The number of carbonyl (C=O) groups excluding carboxylic acids is 1. The smallest absolute Gasteiger partial charge is 0.253 e. The Labute approximate surface area is 127 Å². The molecule has 0 radical (unpaired) electrons. The molecule has 6 heteroatoms. The number of piperidine rings is 1. The number of likely N-dealkylation sites (tertiary alicyclic amines) is 1. The largest absolute Gasteiger partial charge is 0.349 e. The quantitative estimate of drug-likeness (QED) is 0.918. The molecule has 1 amide bonds. The molecule has 0 aliphatic carbocycles. The zero-order chi connectivity index (χ0) is 13.8. The number of hydrogen-bond acceptors (Lipinski definition) is 3. The SMILES string of the molecule is CCCN1CCC(NC(=O)c2cc(Cl)sc2Cl)CC1. The molecule has 1 aliphatic heterocycles. The van der Waals surface area contributed by atoms with E-state index in [-0.39, 0.29) is 11.9 Å². The number of nitrogens with one attached hydrogen (secondary N) is 1. The molecule has 1 fully saturated rings. The van der Waals surface area contributed by atoms with Crippen LogP contribution < -0.4 is 5.32 Å².